The van der Waals surface area contributed by atoms with Crippen LogP contribution in [-0.2, 0) is 22.6 Å². The van der Waals surface area contributed by atoms with Crippen molar-refractivity contribution in [2.75, 3.05) is 6.26 Å². The highest BCUT2D eigenvalue weighted by Crippen LogP contribution is 2.41. The van der Waals surface area contributed by atoms with E-state index in [0.29, 0.717) is 0 Å². The van der Waals surface area contributed by atoms with E-state index in [9.17, 15) is 26.7 Å². The van der Waals surface area contributed by atoms with Gasteiger partial charge in [0.05, 0.1) is 22.8 Å². The standard InChI is InChI=1S/C28H20Cl2F4N4O4S/c1-13-35-23(28(32,33)34)11-38(13)21-6-4-15(16-9-20(31)19(12-39)22(10-16)43(3,40)41)8-18(21)25-26(42-14(2)36-25)17-5-7-24(29)37-27(17)30/h4-11,39H,12H2,1-3H3. The summed E-state index contributed by atoms with van der Waals surface area (Å²) in [6.07, 6.45) is -3.01. The van der Waals surface area contributed by atoms with Crippen LogP contribution in [-0.4, -0.2) is 39.3 Å². The van der Waals surface area contributed by atoms with E-state index >= 15 is 4.39 Å². The average Bonchev–Trinajstić information content (AvgIpc) is 3.49. The number of nitrogens with zero attached hydrogens (tertiary/aromatic N) is 4. The van der Waals surface area contributed by atoms with Crippen molar-refractivity contribution in [3.63, 3.8) is 0 Å². The number of aryl methyl sites for hydroxylation is 2. The predicted octanol–water partition coefficient (Wildman–Crippen LogP) is 7.23. The van der Waals surface area contributed by atoms with E-state index in [1.54, 1.807) is 6.92 Å². The second-order valence-corrected chi connectivity index (χ2v) is 12.3. The summed E-state index contributed by atoms with van der Waals surface area (Å²) < 4.78 is 87.7. The molecule has 15 heteroatoms. The third-order valence-electron chi connectivity index (χ3n) is 6.52. The van der Waals surface area contributed by atoms with Crippen molar-refractivity contribution in [1.82, 2.24) is 19.5 Å². The number of imidazole rings is 1. The van der Waals surface area contributed by atoms with Crippen LogP contribution in [0, 0.1) is 19.7 Å². The molecular formula is C28H20Cl2F4N4O4S. The summed E-state index contributed by atoms with van der Waals surface area (Å²) in [5.74, 6) is -0.642. The van der Waals surface area contributed by atoms with Crippen molar-refractivity contribution >= 4 is 33.0 Å². The molecule has 8 nitrogen and oxygen atoms in total. The summed E-state index contributed by atoms with van der Waals surface area (Å²) in [5, 5.41) is 9.69. The molecule has 0 atom stereocenters. The highest BCUT2D eigenvalue weighted by molar-refractivity contribution is 7.90. The van der Waals surface area contributed by atoms with Gasteiger partial charge in [-0.25, -0.2) is 27.8 Å². The monoisotopic (exact) mass is 654 g/mol. The molecule has 43 heavy (non-hydrogen) atoms. The van der Waals surface area contributed by atoms with Gasteiger partial charge in [-0.15, -0.1) is 0 Å². The summed E-state index contributed by atoms with van der Waals surface area (Å²) >= 11 is 12.3. The third kappa shape index (κ3) is 5.90. The number of aliphatic hydroxyl groups excluding tert-OH is 1. The van der Waals surface area contributed by atoms with Crippen molar-refractivity contribution < 1.29 is 35.5 Å². The summed E-state index contributed by atoms with van der Waals surface area (Å²) in [5.41, 5.74) is -0.254. The molecule has 0 unspecified atom stereocenters. The minimum absolute atomic E-state index is 0.00647. The number of aliphatic hydroxyl groups is 1. The van der Waals surface area contributed by atoms with E-state index in [2.05, 4.69) is 15.0 Å². The van der Waals surface area contributed by atoms with Gasteiger partial charge in [-0.05, 0) is 54.4 Å². The lowest BCUT2D eigenvalue weighted by Gasteiger charge is -2.15. The molecule has 5 aromatic rings. The van der Waals surface area contributed by atoms with Gasteiger partial charge in [0.2, 0.25) is 0 Å². The van der Waals surface area contributed by atoms with E-state index in [1.807, 2.05) is 0 Å². The van der Waals surface area contributed by atoms with Crippen molar-refractivity contribution in [3.8, 4) is 39.4 Å². The zero-order valence-corrected chi connectivity index (χ0v) is 24.8. The van der Waals surface area contributed by atoms with Crippen LogP contribution in [0.3, 0.4) is 0 Å². The molecule has 0 radical (unpaired) electrons. The van der Waals surface area contributed by atoms with Gasteiger partial charge in [0.1, 0.15) is 27.6 Å². The average molecular weight is 655 g/mol. The second kappa shape index (κ2) is 11.1. The van der Waals surface area contributed by atoms with Crippen LogP contribution in [0.1, 0.15) is 23.0 Å². The highest BCUT2D eigenvalue weighted by atomic mass is 35.5. The van der Waals surface area contributed by atoms with Crippen LogP contribution < -0.4 is 0 Å². The predicted molar refractivity (Wildman–Crippen MR) is 151 cm³/mol. The Labute approximate surface area is 252 Å². The van der Waals surface area contributed by atoms with Gasteiger partial charge in [-0.2, -0.15) is 13.2 Å². The van der Waals surface area contributed by atoms with Gasteiger partial charge >= 0.3 is 6.18 Å². The van der Waals surface area contributed by atoms with Crippen molar-refractivity contribution in [1.29, 1.82) is 0 Å². The Hall–Kier alpha value is -3.78. The minimum atomic E-state index is -4.72. The Balaban J connectivity index is 1.82. The first-order valence-electron chi connectivity index (χ1n) is 12.3. The maximum atomic E-state index is 15.0. The van der Waals surface area contributed by atoms with Gasteiger partial charge in [0.25, 0.3) is 0 Å². The fraction of sp³-hybridized carbons (Fsp3) is 0.179. The zero-order chi connectivity index (χ0) is 31.4. The molecule has 0 aliphatic carbocycles. The number of hydrogen-bond acceptors (Lipinski definition) is 7. The maximum absolute atomic E-state index is 15.0. The van der Waals surface area contributed by atoms with Crippen LogP contribution in [0.4, 0.5) is 17.6 Å². The number of aromatic nitrogens is 4. The lowest BCUT2D eigenvalue weighted by Crippen LogP contribution is -2.06. The fourth-order valence-electron chi connectivity index (χ4n) is 4.60. The van der Waals surface area contributed by atoms with Gasteiger partial charge in [-0.1, -0.05) is 29.3 Å². The first-order valence-corrected chi connectivity index (χ1v) is 14.9. The van der Waals surface area contributed by atoms with Gasteiger partial charge in [0.15, 0.2) is 27.2 Å². The molecule has 0 bridgehead atoms. The van der Waals surface area contributed by atoms with Crippen molar-refractivity contribution in [2.45, 2.75) is 31.5 Å². The van der Waals surface area contributed by atoms with E-state index in [0.717, 1.165) is 18.5 Å². The first kappa shape index (κ1) is 30.7. The minimum Gasteiger partial charge on any atom is -0.440 e. The fourth-order valence-corrected chi connectivity index (χ4v) is 5.99. The van der Waals surface area contributed by atoms with Crippen molar-refractivity contribution in [3.05, 3.63) is 87.8 Å². The summed E-state index contributed by atoms with van der Waals surface area (Å²) in [6.45, 7) is 2.10. The largest absolute Gasteiger partial charge is 0.440 e. The first-order chi connectivity index (χ1) is 20.1. The molecule has 0 saturated heterocycles. The van der Waals surface area contributed by atoms with Crippen LogP contribution >= 0.6 is 23.2 Å². The molecule has 0 amide bonds. The highest BCUT2D eigenvalue weighted by Gasteiger charge is 2.35. The lowest BCUT2D eigenvalue weighted by atomic mass is 9.97. The molecule has 0 aliphatic heterocycles. The van der Waals surface area contributed by atoms with Crippen LogP contribution in [0.25, 0.3) is 39.4 Å². The van der Waals surface area contributed by atoms with E-state index in [1.165, 1.54) is 47.9 Å². The van der Waals surface area contributed by atoms with E-state index < -0.39 is 44.6 Å². The Morgan fingerprint density at radius 1 is 0.977 bits per heavy atom. The molecule has 1 N–H and O–H groups in total. The van der Waals surface area contributed by atoms with Crippen LogP contribution in [0.15, 0.2) is 58.0 Å². The lowest BCUT2D eigenvalue weighted by molar-refractivity contribution is -0.141. The smallest absolute Gasteiger partial charge is 0.434 e. The Bertz CT molecular complexity index is 2010. The Kier molecular flexibility index (Phi) is 7.88. The Morgan fingerprint density at radius 3 is 2.30 bits per heavy atom. The number of sulfone groups is 1. The molecule has 3 heterocycles. The second-order valence-electron chi connectivity index (χ2n) is 9.52. The summed E-state index contributed by atoms with van der Waals surface area (Å²) in [4.78, 5) is 11.8. The number of rotatable bonds is 6. The quantitative estimate of drug-likeness (QED) is 0.152. The number of alkyl halides is 3. The van der Waals surface area contributed by atoms with Gasteiger partial charge in [-0.3, -0.25) is 0 Å². The van der Waals surface area contributed by atoms with Crippen molar-refractivity contribution in [2.24, 2.45) is 0 Å². The van der Waals surface area contributed by atoms with Crippen LogP contribution in [0.5, 0.6) is 0 Å². The SMILES string of the molecule is Cc1nc(-c2cc(-c3cc(F)c(CO)c(S(C)(=O)=O)c3)ccc2-n2cc(C(F)(F)F)nc2C)c(-c2ccc(Cl)nc2Cl)o1. The molecular weight excluding hydrogens is 635 g/mol. The summed E-state index contributed by atoms with van der Waals surface area (Å²) in [6, 6.07) is 9.72. The number of hydrogen-bond donors (Lipinski definition) is 1. The number of benzene rings is 2. The summed E-state index contributed by atoms with van der Waals surface area (Å²) in [7, 11) is -3.96. The zero-order valence-electron chi connectivity index (χ0n) is 22.5. The molecule has 0 saturated carbocycles. The molecule has 0 fully saturated rings. The molecule has 0 aliphatic rings. The number of oxazole rings is 1. The number of halogens is 6. The molecule has 224 valence electrons. The van der Waals surface area contributed by atoms with Crippen LogP contribution in [0.2, 0.25) is 10.3 Å². The normalized spacial score (nSPS) is 12.2. The topological polar surface area (TPSA) is 111 Å². The molecule has 5 rings (SSSR count). The number of pyridine rings is 1. The molecule has 0 spiro atoms. The Morgan fingerprint density at radius 2 is 1.70 bits per heavy atom. The van der Waals surface area contributed by atoms with E-state index in [-0.39, 0.29) is 61.4 Å². The molecule has 3 aromatic heterocycles. The van der Waals surface area contributed by atoms with E-state index in [4.69, 9.17) is 27.6 Å². The van der Waals surface area contributed by atoms with Gasteiger partial charge in [0, 0.05) is 30.5 Å². The third-order valence-corrected chi connectivity index (χ3v) is 8.18. The molecule has 2 aromatic carbocycles. The van der Waals surface area contributed by atoms with Gasteiger partial charge < -0.3 is 14.1 Å². The maximum Gasteiger partial charge on any atom is 0.434 e.